The van der Waals surface area contributed by atoms with Gasteiger partial charge >= 0.3 is 47.7 Å². The second kappa shape index (κ2) is 42.4. The van der Waals surface area contributed by atoms with E-state index in [4.69, 9.17) is 47.7 Å². The van der Waals surface area contributed by atoms with Crippen LogP contribution < -0.4 is 26.0 Å². The number of ether oxygens (including phenoxy) is 9. The molecule has 0 aromatic heterocycles. The molecule has 94 heavy (non-hydrogen) atoms. The number of hydrogen-bond donors (Lipinski definition) is 5. The fourth-order valence-corrected chi connectivity index (χ4v) is 12.4. The highest BCUT2D eigenvalue weighted by molar-refractivity contribution is 8.00. The second-order valence-electron chi connectivity index (χ2n) is 22.6. The summed E-state index contributed by atoms with van der Waals surface area (Å²) in [5, 5.41) is 31.6. The number of unbranched alkanes of at least 4 members (excludes halogenated alkanes) is 3. The van der Waals surface area contributed by atoms with Gasteiger partial charge in [0.05, 0.1) is 37.3 Å². The van der Waals surface area contributed by atoms with Crippen molar-refractivity contribution in [2.45, 2.75) is 160 Å². The van der Waals surface area contributed by atoms with Crippen molar-refractivity contribution in [2.24, 2.45) is 0 Å². The van der Waals surface area contributed by atoms with Crippen molar-refractivity contribution in [3.8, 4) is 30.3 Å². The monoisotopic (exact) mass is 1350 g/mol. The number of carbonyl (C=O) groups is 9. The minimum absolute atomic E-state index is 0.0817. The number of urea groups is 1. The van der Waals surface area contributed by atoms with E-state index in [-0.39, 0.29) is 48.5 Å². The number of nitro groups is 1. The summed E-state index contributed by atoms with van der Waals surface area (Å²) in [5.41, 5.74) is -0.424. The number of terminal acetylenes is 1. The minimum Gasteiger partial charge on any atom is -0.466 e. The van der Waals surface area contributed by atoms with Crippen LogP contribution >= 0.6 is 11.8 Å². The number of fused-ring (bicyclic) bond motifs is 1. The maximum absolute atomic E-state index is 13.5. The molecule has 524 valence electrons. The average Bonchev–Trinajstić information content (AvgIpc) is 0.931. The quantitative estimate of drug-likeness (QED) is 0.0135. The van der Waals surface area contributed by atoms with E-state index in [0.717, 1.165) is 78.2 Å². The predicted octanol–water partition coefficient (Wildman–Crippen LogP) is 2.22. The number of carbonyl (C=O) groups excluding carboxylic acids is 9. The number of alkyl carbamates (subject to hydrolysis) is 1. The molecule has 5 rings (SSSR count). The molecule has 4 aliphatic heterocycles. The van der Waals surface area contributed by atoms with E-state index in [1.165, 1.54) is 25.3 Å². The molecule has 1 aromatic carbocycles. The van der Waals surface area contributed by atoms with Crippen LogP contribution in [0.4, 0.5) is 15.3 Å². The fraction of sp³-hybridized carbons (Fsp3) is 0.694. The molecule has 1 aromatic rings. The molecule has 4 fully saturated rings. The number of nitro benzene ring substituents is 1. The van der Waals surface area contributed by atoms with Gasteiger partial charge in [-0.1, -0.05) is 32.3 Å². The summed E-state index contributed by atoms with van der Waals surface area (Å²) in [5.74, 6) is -0.600. The van der Waals surface area contributed by atoms with Crippen molar-refractivity contribution >= 4 is 71.2 Å². The molecule has 0 bridgehead atoms. The van der Waals surface area contributed by atoms with Gasteiger partial charge in [0.25, 0.3) is 0 Å². The number of benzene rings is 1. The van der Waals surface area contributed by atoms with Crippen LogP contribution in [-0.2, 0) is 78.1 Å². The van der Waals surface area contributed by atoms with Crippen molar-refractivity contribution in [2.75, 3.05) is 118 Å². The van der Waals surface area contributed by atoms with E-state index in [9.17, 15) is 53.3 Å². The highest BCUT2D eigenvalue weighted by Gasteiger charge is 2.54. The van der Waals surface area contributed by atoms with E-state index < -0.39 is 102 Å². The Morgan fingerprint density at radius 1 is 0.840 bits per heavy atom. The van der Waals surface area contributed by atoms with Gasteiger partial charge in [0, 0.05) is 137 Å². The number of amides is 5. The first-order chi connectivity index (χ1) is 45.0. The predicted molar refractivity (Wildman–Crippen MR) is 339 cm³/mol. The molecule has 4 heterocycles. The lowest BCUT2D eigenvalue weighted by molar-refractivity contribution is -0.387. The molecule has 0 saturated carbocycles. The van der Waals surface area contributed by atoms with Crippen molar-refractivity contribution in [3.63, 3.8) is 0 Å². The Kier molecular flexibility index (Phi) is 35.5. The first kappa shape index (κ1) is 78.6. The number of methoxy groups -OCH3 is 1. The zero-order valence-corrected chi connectivity index (χ0v) is 55.9. The highest BCUT2D eigenvalue weighted by Crippen LogP contribution is 2.36. The van der Waals surface area contributed by atoms with Gasteiger partial charge < -0.3 is 78.8 Å². The summed E-state index contributed by atoms with van der Waals surface area (Å²) in [6.45, 7) is 14.0. The largest absolute Gasteiger partial charge is 0.466 e. The normalized spacial score (nSPS) is 22.0. The highest BCUT2D eigenvalue weighted by atomic mass is 32.2. The molecular weight excluding hydrogens is 1250 g/mol. The molecule has 9 atom stereocenters. The van der Waals surface area contributed by atoms with Gasteiger partial charge in [-0.25, -0.2) is 14.4 Å². The Morgan fingerprint density at radius 2 is 1.48 bits per heavy atom. The van der Waals surface area contributed by atoms with Gasteiger partial charge in [-0.3, -0.25) is 53.6 Å². The van der Waals surface area contributed by atoms with Crippen LogP contribution in [-0.4, -0.2) is 261 Å². The number of nitrogens with zero attached hydrogens (tertiary/aromatic N) is 6. The Balaban J connectivity index is 0.00000615. The van der Waals surface area contributed by atoms with E-state index in [2.05, 4.69) is 61.3 Å². The molecule has 5 N–H and O–H groups in total. The lowest BCUT2D eigenvalue weighted by Crippen LogP contribution is -2.63. The van der Waals surface area contributed by atoms with E-state index >= 15 is 0 Å². The summed E-state index contributed by atoms with van der Waals surface area (Å²) in [7, 11) is 3.10. The number of aliphatic hydroxyl groups is 1. The van der Waals surface area contributed by atoms with Crippen LogP contribution in [0, 0.1) is 34.7 Å². The number of esters is 5. The van der Waals surface area contributed by atoms with Crippen LogP contribution in [0.5, 0.6) is 5.75 Å². The van der Waals surface area contributed by atoms with E-state index in [0.29, 0.717) is 103 Å². The number of aliphatic hydroxyl groups excluding tert-OH is 1. The standard InChI is InChI=1S/C60H92N10O20S.C2H2O/c1-9-23-66-27-29-68(26-22-61-60(79)85-37-44-20-21-47(46(36-44)70(80)81)89-58-55(88-43(6)74)54(87-42(5)73)53(86-41(4)72)48(90-58)38-84-40(3)71)30-28-67(25-16-35-83-10-2)32-34-69(33-31-66)56(57(77)82-8)63-50(75)18-12-11-15-24-65(7)51(76)19-14-13-17-49-52-45(39-91-49)62-59(78)64-52;1-2-3/h20-21,36,45,48-49,52-56,58H,9-15,17-19,22-34,37-39H2,1-8H3,(H,61,79)(H,63,75)(H2,62,64,78);1,3H. The van der Waals surface area contributed by atoms with Crippen LogP contribution in [0.3, 0.4) is 0 Å². The van der Waals surface area contributed by atoms with Gasteiger partial charge in [-0.15, -0.1) is 0 Å². The second-order valence-corrected chi connectivity index (χ2v) is 23.8. The zero-order valence-electron chi connectivity index (χ0n) is 55.1. The van der Waals surface area contributed by atoms with Gasteiger partial charge in [-0.2, -0.15) is 11.8 Å². The van der Waals surface area contributed by atoms with E-state index in [1.54, 1.807) is 11.9 Å². The van der Waals surface area contributed by atoms with Crippen molar-refractivity contribution < 1.29 is 95.8 Å². The lowest BCUT2D eigenvalue weighted by atomic mass is 9.98. The first-order valence-corrected chi connectivity index (χ1v) is 32.6. The van der Waals surface area contributed by atoms with Crippen molar-refractivity contribution in [1.82, 2.24) is 45.8 Å². The summed E-state index contributed by atoms with van der Waals surface area (Å²) in [6, 6.07) is 3.92. The molecule has 31 nitrogen and oxygen atoms in total. The summed E-state index contributed by atoms with van der Waals surface area (Å²) in [4.78, 5) is 135. The number of nitrogens with one attached hydrogen (secondary N) is 4. The Morgan fingerprint density at radius 3 is 2.13 bits per heavy atom. The molecule has 4 saturated heterocycles. The Labute approximate surface area is 553 Å². The maximum atomic E-state index is 13.5. The molecule has 9 unspecified atom stereocenters. The molecule has 4 aliphatic rings. The third-order valence-electron chi connectivity index (χ3n) is 15.5. The lowest BCUT2D eigenvalue weighted by Gasteiger charge is -2.43. The molecule has 0 radical (unpaired) electrons. The Hall–Kier alpha value is -7.88. The van der Waals surface area contributed by atoms with Crippen molar-refractivity contribution in [1.29, 1.82) is 0 Å². The third-order valence-corrected chi connectivity index (χ3v) is 17.0. The summed E-state index contributed by atoms with van der Waals surface area (Å²) in [6.07, 6.45) is 4.57. The molecule has 32 heteroatoms. The first-order valence-electron chi connectivity index (χ1n) is 31.6. The van der Waals surface area contributed by atoms with Gasteiger partial charge in [0.15, 0.2) is 24.1 Å². The molecule has 0 aliphatic carbocycles. The van der Waals surface area contributed by atoms with Gasteiger partial charge in [0.2, 0.25) is 24.2 Å². The number of hydrogen-bond acceptors (Lipinski definition) is 26. The topological polar surface area (TPSA) is 364 Å². The van der Waals surface area contributed by atoms with Crippen LogP contribution in [0.1, 0.15) is 105 Å². The van der Waals surface area contributed by atoms with Gasteiger partial charge in [0.1, 0.15) is 31.5 Å². The zero-order chi connectivity index (χ0) is 69.1. The number of thioether (sulfide) groups is 1. The third kappa shape index (κ3) is 28.0. The maximum Gasteiger partial charge on any atom is 0.407 e. The van der Waals surface area contributed by atoms with Crippen LogP contribution in [0.15, 0.2) is 18.2 Å². The van der Waals surface area contributed by atoms with Gasteiger partial charge in [-0.05, 0) is 63.1 Å². The Bertz CT molecular complexity index is 2770. The molecular formula is C62H94N10O21S. The van der Waals surface area contributed by atoms with Crippen molar-refractivity contribution in [3.05, 3.63) is 33.9 Å². The number of rotatable bonds is 31. The average molecular weight is 1350 g/mol. The summed E-state index contributed by atoms with van der Waals surface area (Å²) < 4.78 is 49.3. The molecule has 5 amide bonds. The SMILES string of the molecule is C#CO.CCCN1CCN(CCNC(=O)OCc2ccc(OC3OC(COC(C)=O)C(OC(C)=O)C(OC(C)=O)C3OC(C)=O)c([N+](=O)[O-])c2)CCN(CC#COCC)CCN(C(NC(=O)CCCCCN(C)C(=O)CCCCC2SCC3NC(=O)NC32)C(=O)OC)CC1. The summed E-state index contributed by atoms with van der Waals surface area (Å²) >= 11 is 1.87. The van der Waals surface area contributed by atoms with E-state index in [1.807, 2.05) is 23.6 Å². The fourth-order valence-electron chi connectivity index (χ4n) is 10.8. The smallest absolute Gasteiger partial charge is 0.407 e. The van der Waals surface area contributed by atoms with Crippen LogP contribution in [0.25, 0.3) is 0 Å². The van der Waals surface area contributed by atoms with Crippen LogP contribution in [0.2, 0.25) is 0 Å². The minimum atomic E-state index is -1.75. The molecule has 0 spiro atoms.